The van der Waals surface area contributed by atoms with Crippen LogP contribution in [0.25, 0.3) is 11.1 Å². The minimum atomic E-state index is -3.78. The lowest BCUT2D eigenvalue weighted by Crippen LogP contribution is -2.32. The van der Waals surface area contributed by atoms with Gasteiger partial charge in [-0.15, -0.1) is 0 Å². The number of aromatic nitrogens is 1. The molecule has 0 bridgehead atoms. The zero-order valence-corrected chi connectivity index (χ0v) is 16.3. The van der Waals surface area contributed by atoms with Gasteiger partial charge in [0, 0.05) is 25.7 Å². The second-order valence-electron chi connectivity index (χ2n) is 6.84. The first-order valence-electron chi connectivity index (χ1n) is 8.63. The van der Waals surface area contributed by atoms with Crippen LogP contribution in [0.1, 0.15) is 36.9 Å². The van der Waals surface area contributed by atoms with Crippen LogP contribution < -0.4 is 16.2 Å². The van der Waals surface area contributed by atoms with Gasteiger partial charge in [-0.1, -0.05) is 38.1 Å². The lowest BCUT2D eigenvalue weighted by atomic mass is 9.99. The fourth-order valence-corrected chi connectivity index (χ4v) is 3.89. The number of aryl methyl sites for hydroxylation is 1. The Morgan fingerprint density at radius 3 is 2.37 bits per heavy atom. The lowest BCUT2D eigenvalue weighted by molar-refractivity contribution is 0.527. The van der Waals surface area contributed by atoms with E-state index in [1.807, 2.05) is 24.3 Å². The van der Waals surface area contributed by atoms with Crippen LogP contribution in [0.15, 0.2) is 56.6 Å². The second kappa shape index (κ2) is 7.30. The summed E-state index contributed by atoms with van der Waals surface area (Å²) in [6, 6.07) is 11.7. The molecule has 0 saturated heterocycles. The molecule has 0 spiro atoms. The van der Waals surface area contributed by atoms with Crippen molar-refractivity contribution in [1.29, 1.82) is 0 Å². The molecule has 7 nitrogen and oxygen atoms in total. The van der Waals surface area contributed by atoms with Crippen molar-refractivity contribution in [3.63, 3.8) is 0 Å². The molecule has 2 aromatic carbocycles. The summed E-state index contributed by atoms with van der Waals surface area (Å²) in [5.74, 6) is -0.124. The number of rotatable bonds is 6. The van der Waals surface area contributed by atoms with E-state index in [1.165, 1.54) is 22.3 Å². The largest absolute Gasteiger partial charge is 0.419 e. The minimum absolute atomic E-state index is 0.0201. The summed E-state index contributed by atoms with van der Waals surface area (Å²) in [6.45, 7) is 4.27. The first kappa shape index (κ1) is 19.3. The summed E-state index contributed by atoms with van der Waals surface area (Å²) in [6.07, 6.45) is 0. The molecule has 1 unspecified atom stereocenters. The molecule has 1 aromatic heterocycles. The topological polar surface area (TPSA) is 107 Å². The molecule has 0 aliphatic carbocycles. The summed E-state index contributed by atoms with van der Waals surface area (Å²) >= 11 is 0. The van der Waals surface area contributed by atoms with Crippen LogP contribution in [-0.2, 0) is 17.1 Å². The summed E-state index contributed by atoms with van der Waals surface area (Å²) in [4.78, 5) is 11.6. The van der Waals surface area contributed by atoms with E-state index in [0.717, 1.165) is 5.56 Å². The van der Waals surface area contributed by atoms with Gasteiger partial charge in [-0.3, -0.25) is 4.57 Å². The normalized spacial score (nSPS) is 13.4. The molecule has 1 heterocycles. The van der Waals surface area contributed by atoms with Gasteiger partial charge >= 0.3 is 5.76 Å². The second-order valence-corrected chi connectivity index (χ2v) is 8.60. The Morgan fingerprint density at radius 2 is 1.74 bits per heavy atom. The Hall–Kier alpha value is -2.42. The molecule has 0 aliphatic heterocycles. The van der Waals surface area contributed by atoms with Gasteiger partial charge in [-0.2, -0.15) is 0 Å². The van der Waals surface area contributed by atoms with Crippen LogP contribution in [0.2, 0.25) is 0 Å². The Balaban J connectivity index is 1.75. The van der Waals surface area contributed by atoms with Crippen molar-refractivity contribution >= 4 is 21.1 Å². The van der Waals surface area contributed by atoms with Gasteiger partial charge < -0.3 is 10.2 Å². The average molecular weight is 389 g/mol. The molecule has 0 amide bonds. The summed E-state index contributed by atoms with van der Waals surface area (Å²) in [5, 5.41) is 0. The van der Waals surface area contributed by atoms with Crippen molar-refractivity contribution in [2.24, 2.45) is 12.8 Å². The minimum Gasteiger partial charge on any atom is -0.408 e. The quantitative estimate of drug-likeness (QED) is 0.672. The predicted octanol–water partition coefficient (Wildman–Crippen LogP) is 2.23. The highest BCUT2D eigenvalue weighted by Crippen LogP contribution is 2.20. The highest BCUT2D eigenvalue weighted by molar-refractivity contribution is 7.89. The molecule has 3 N–H and O–H groups in total. The highest BCUT2D eigenvalue weighted by atomic mass is 32.2. The summed E-state index contributed by atoms with van der Waals surface area (Å²) < 4.78 is 34.0. The van der Waals surface area contributed by atoms with Gasteiger partial charge in [-0.25, -0.2) is 17.9 Å². The molecule has 0 saturated carbocycles. The number of nitrogens with one attached hydrogen (secondary N) is 1. The van der Waals surface area contributed by atoms with Crippen LogP contribution in [0.5, 0.6) is 0 Å². The van der Waals surface area contributed by atoms with Gasteiger partial charge in [-0.05, 0) is 29.2 Å². The van der Waals surface area contributed by atoms with Gasteiger partial charge in [0.15, 0.2) is 5.58 Å². The van der Waals surface area contributed by atoms with E-state index in [2.05, 4.69) is 18.6 Å². The monoisotopic (exact) mass is 389 g/mol. The van der Waals surface area contributed by atoms with Gasteiger partial charge in [0.2, 0.25) is 10.0 Å². The van der Waals surface area contributed by atoms with Crippen molar-refractivity contribution in [3.8, 4) is 0 Å². The summed E-state index contributed by atoms with van der Waals surface area (Å²) in [7, 11) is -2.22. The molecule has 27 heavy (non-hydrogen) atoms. The van der Waals surface area contributed by atoms with E-state index in [1.54, 1.807) is 13.1 Å². The average Bonchev–Trinajstić information content (AvgIpc) is 2.93. The van der Waals surface area contributed by atoms with Crippen LogP contribution in [-0.4, -0.2) is 19.5 Å². The van der Waals surface area contributed by atoms with E-state index in [4.69, 9.17) is 10.2 Å². The van der Waals surface area contributed by atoms with Gasteiger partial charge in [0.1, 0.15) is 0 Å². The molecule has 3 rings (SSSR count). The number of nitrogens with two attached hydrogens (primary N) is 1. The molecule has 8 heteroatoms. The standard InChI is InChI=1S/C19H23N3O4S/c1-12(2)13-4-6-14(7-5-13)16(20)11-21-27(24,25)15-8-9-17-18(10-15)26-19(23)22(17)3/h4-10,12,16,21H,11,20H2,1-3H3. The zero-order chi connectivity index (χ0) is 19.8. The molecule has 0 aliphatic rings. The van der Waals surface area contributed by atoms with E-state index in [0.29, 0.717) is 11.4 Å². The SMILES string of the molecule is CC(C)c1ccc(C(N)CNS(=O)(=O)c2ccc3c(c2)oc(=O)n3C)cc1. The Labute approximate surface area is 157 Å². The fraction of sp³-hybridized carbons (Fsp3) is 0.316. The smallest absolute Gasteiger partial charge is 0.408 e. The van der Waals surface area contributed by atoms with Crippen molar-refractivity contribution in [1.82, 2.24) is 9.29 Å². The maximum Gasteiger partial charge on any atom is 0.419 e. The number of nitrogens with zero attached hydrogens (tertiary/aromatic N) is 1. The third-order valence-electron chi connectivity index (χ3n) is 4.60. The van der Waals surface area contributed by atoms with Crippen LogP contribution in [0, 0.1) is 0 Å². The number of hydrogen-bond acceptors (Lipinski definition) is 5. The fourth-order valence-electron chi connectivity index (χ4n) is 2.81. The third kappa shape index (κ3) is 3.97. The first-order valence-corrected chi connectivity index (χ1v) is 10.1. The molecule has 144 valence electrons. The number of sulfonamides is 1. The lowest BCUT2D eigenvalue weighted by Gasteiger charge is -2.15. The van der Waals surface area contributed by atoms with Crippen molar-refractivity contribution in [2.45, 2.75) is 30.7 Å². The third-order valence-corrected chi connectivity index (χ3v) is 6.02. The van der Waals surface area contributed by atoms with E-state index in [-0.39, 0.29) is 17.0 Å². The van der Waals surface area contributed by atoms with E-state index in [9.17, 15) is 13.2 Å². The summed E-state index contributed by atoms with van der Waals surface area (Å²) in [5.41, 5.74) is 8.93. The van der Waals surface area contributed by atoms with Gasteiger partial charge in [0.25, 0.3) is 0 Å². The molecule has 3 aromatic rings. The number of benzene rings is 2. The van der Waals surface area contributed by atoms with Crippen LogP contribution >= 0.6 is 0 Å². The maximum atomic E-state index is 12.6. The zero-order valence-electron chi connectivity index (χ0n) is 15.5. The van der Waals surface area contributed by atoms with E-state index >= 15 is 0 Å². The van der Waals surface area contributed by atoms with Crippen LogP contribution in [0.4, 0.5) is 0 Å². The molecule has 0 fully saturated rings. The van der Waals surface area contributed by atoms with Crippen LogP contribution in [0.3, 0.4) is 0 Å². The predicted molar refractivity (Wildman–Crippen MR) is 104 cm³/mol. The van der Waals surface area contributed by atoms with Gasteiger partial charge in [0.05, 0.1) is 10.4 Å². The van der Waals surface area contributed by atoms with E-state index < -0.39 is 21.8 Å². The maximum absolute atomic E-state index is 12.6. The molecular formula is C19H23N3O4S. The number of hydrogen-bond donors (Lipinski definition) is 2. The Bertz CT molecular complexity index is 1110. The molecule has 1 atom stereocenters. The van der Waals surface area contributed by atoms with Crippen molar-refractivity contribution in [3.05, 3.63) is 64.1 Å². The highest BCUT2D eigenvalue weighted by Gasteiger charge is 2.18. The van der Waals surface area contributed by atoms with Crippen molar-refractivity contribution < 1.29 is 12.8 Å². The number of fused-ring (bicyclic) bond motifs is 1. The molecular weight excluding hydrogens is 366 g/mol. The molecule has 0 radical (unpaired) electrons. The Kier molecular flexibility index (Phi) is 5.23. The Morgan fingerprint density at radius 1 is 1.11 bits per heavy atom. The van der Waals surface area contributed by atoms with Crippen molar-refractivity contribution in [2.75, 3.05) is 6.54 Å². The first-order chi connectivity index (χ1) is 12.7. The number of oxazole rings is 1.